The van der Waals surface area contributed by atoms with Crippen molar-refractivity contribution in [1.82, 2.24) is 19.8 Å². The normalized spacial score (nSPS) is 24.6. The van der Waals surface area contributed by atoms with Gasteiger partial charge in [0.15, 0.2) is 0 Å². The molecule has 1 aromatic heterocycles. The van der Waals surface area contributed by atoms with Gasteiger partial charge in [0.05, 0.1) is 11.1 Å². The van der Waals surface area contributed by atoms with Crippen molar-refractivity contribution < 1.29 is 9.18 Å². The van der Waals surface area contributed by atoms with E-state index in [1.807, 2.05) is 29.2 Å². The highest BCUT2D eigenvalue weighted by Crippen LogP contribution is 2.44. The van der Waals surface area contributed by atoms with Crippen LogP contribution in [0.4, 0.5) is 4.39 Å². The van der Waals surface area contributed by atoms with Gasteiger partial charge in [0.2, 0.25) is 0 Å². The topological polar surface area (TPSA) is 49.3 Å². The maximum Gasteiger partial charge on any atom is 0.256 e. The average molecular weight is 376 g/mol. The summed E-state index contributed by atoms with van der Waals surface area (Å²) in [6.45, 7) is 2.30. The van der Waals surface area contributed by atoms with Crippen LogP contribution in [0.5, 0.6) is 0 Å². The molecular weight excluding hydrogens is 355 g/mol. The van der Waals surface area contributed by atoms with Crippen LogP contribution < -0.4 is 0 Å². The first-order chi connectivity index (χ1) is 13.6. The molecule has 0 bridgehead atoms. The Hall–Kier alpha value is -2.86. The monoisotopic (exact) mass is 376 g/mol. The molecule has 3 heterocycles. The summed E-state index contributed by atoms with van der Waals surface area (Å²) in [5.41, 5.74) is 2.96. The van der Waals surface area contributed by atoms with E-state index in [0.29, 0.717) is 29.5 Å². The zero-order valence-corrected chi connectivity index (χ0v) is 15.6. The van der Waals surface area contributed by atoms with Gasteiger partial charge in [-0.3, -0.25) is 19.7 Å². The SMILES string of the molecule is CN1C[C@H]2CN(C(=O)c3cccc4nccnc34)C[C@H]2[C@@H]1c1cccc(F)c1. The van der Waals surface area contributed by atoms with E-state index >= 15 is 0 Å². The fourth-order valence-electron chi connectivity index (χ4n) is 4.95. The summed E-state index contributed by atoms with van der Waals surface area (Å²) in [7, 11) is 2.08. The zero-order chi connectivity index (χ0) is 19.3. The lowest BCUT2D eigenvalue weighted by Gasteiger charge is -2.27. The third-order valence-electron chi connectivity index (χ3n) is 6.10. The summed E-state index contributed by atoms with van der Waals surface area (Å²) in [6.07, 6.45) is 3.25. The molecule has 2 aliphatic rings. The Bertz CT molecular complexity index is 1050. The standard InChI is InChI=1S/C22H21FN4O/c1-26-11-15-12-27(13-18(15)21(26)14-4-2-5-16(23)10-14)22(28)17-6-3-7-19-20(17)25-9-8-24-19/h2-10,15,18,21H,11-13H2,1H3/t15-,18+,21-/m0/s1. The van der Waals surface area contributed by atoms with Crippen molar-refractivity contribution in [3.05, 3.63) is 71.8 Å². The van der Waals surface area contributed by atoms with Crippen molar-refractivity contribution in [2.75, 3.05) is 26.7 Å². The van der Waals surface area contributed by atoms with Crippen molar-refractivity contribution in [2.45, 2.75) is 6.04 Å². The highest BCUT2D eigenvalue weighted by molar-refractivity contribution is 6.04. The van der Waals surface area contributed by atoms with Crippen molar-refractivity contribution in [1.29, 1.82) is 0 Å². The number of amides is 1. The second-order valence-electron chi connectivity index (χ2n) is 7.80. The minimum atomic E-state index is -0.213. The van der Waals surface area contributed by atoms with Crippen LogP contribution in [0, 0.1) is 17.7 Å². The largest absolute Gasteiger partial charge is 0.338 e. The van der Waals surface area contributed by atoms with Crippen molar-refractivity contribution in [2.24, 2.45) is 11.8 Å². The fraction of sp³-hybridized carbons (Fsp3) is 0.318. The van der Waals surface area contributed by atoms with Gasteiger partial charge in [-0.2, -0.15) is 0 Å². The summed E-state index contributed by atoms with van der Waals surface area (Å²) in [5, 5.41) is 0. The lowest BCUT2D eigenvalue weighted by molar-refractivity contribution is 0.0769. The Balaban J connectivity index is 1.43. The van der Waals surface area contributed by atoms with Crippen molar-refractivity contribution in [3.63, 3.8) is 0 Å². The first-order valence-electron chi connectivity index (χ1n) is 9.56. The number of carbonyl (C=O) groups excluding carboxylic acids is 1. The molecule has 5 rings (SSSR count). The zero-order valence-electron chi connectivity index (χ0n) is 15.6. The Labute approximate surface area is 162 Å². The molecule has 6 heteroatoms. The van der Waals surface area contributed by atoms with E-state index in [1.54, 1.807) is 24.5 Å². The van der Waals surface area contributed by atoms with E-state index in [4.69, 9.17) is 0 Å². The van der Waals surface area contributed by atoms with Crippen LogP contribution in [0.3, 0.4) is 0 Å². The van der Waals surface area contributed by atoms with Gasteiger partial charge in [-0.15, -0.1) is 0 Å². The fourth-order valence-corrected chi connectivity index (χ4v) is 4.95. The van der Waals surface area contributed by atoms with E-state index < -0.39 is 0 Å². The predicted molar refractivity (Wildman–Crippen MR) is 104 cm³/mol. The molecule has 3 atom stereocenters. The highest BCUT2D eigenvalue weighted by atomic mass is 19.1. The van der Waals surface area contributed by atoms with Crippen LogP contribution in [0.15, 0.2) is 54.9 Å². The summed E-state index contributed by atoms with van der Waals surface area (Å²) >= 11 is 0. The number of halogens is 1. The molecule has 28 heavy (non-hydrogen) atoms. The summed E-state index contributed by atoms with van der Waals surface area (Å²) < 4.78 is 13.8. The summed E-state index contributed by atoms with van der Waals surface area (Å²) in [4.78, 5) is 26.1. The Kier molecular flexibility index (Phi) is 4.09. The Morgan fingerprint density at radius 1 is 1.07 bits per heavy atom. The minimum Gasteiger partial charge on any atom is -0.338 e. The van der Waals surface area contributed by atoms with Gasteiger partial charge in [0.25, 0.3) is 5.91 Å². The molecule has 0 saturated carbocycles. The van der Waals surface area contributed by atoms with Gasteiger partial charge < -0.3 is 4.90 Å². The van der Waals surface area contributed by atoms with Gasteiger partial charge in [-0.05, 0) is 42.8 Å². The van der Waals surface area contributed by atoms with E-state index in [2.05, 4.69) is 21.9 Å². The van der Waals surface area contributed by atoms with Crippen molar-refractivity contribution >= 4 is 16.9 Å². The van der Waals surface area contributed by atoms with Crippen molar-refractivity contribution in [3.8, 4) is 0 Å². The van der Waals surface area contributed by atoms with Gasteiger partial charge in [-0.25, -0.2) is 4.39 Å². The number of hydrogen-bond acceptors (Lipinski definition) is 4. The molecule has 0 unspecified atom stereocenters. The first kappa shape index (κ1) is 17.3. The molecule has 1 amide bonds. The number of carbonyl (C=O) groups is 1. The third kappa shape index (κ3) is 2.76. The lowest BCUT2D eigenvalue weighted by atomic mass is 9.89. The molecule has 142 valence electrons. The van der Waals surface area contributed by atoms with Gasteiger partial charge in [-0.1, -0.05) is 18.2 Å². The smallest absolute Gasteiger partial charge is 0.256 e. The lowest BCUT2D eigenvalue weighted by Crippen LogP contribution is -2.33. The molecule has 0 spiro atoms. The Morgan fingerprint density at radius 2 is 1.89 bits per heavy atom. The number of likely N-dealkylation sites (tertiary alicyclic amines) is 2. The van der Waals surface area contributed by atoms with Gasteiger partial charge in [0.1, 0.15) is 11.3 Å². The Morgan fingerprint density at radius 3 is 2.75 bits per heavy atom. The quantitative estimate of drug-likeness (QED) is 0.689. The van der Waals surface area contributed by atoms with Crippen LogP contribution in [-0.4, -0.2) is 52.4 Å². The minimum absolute atomic E-state index is 0.00106. The average Bonchev–Trinajstić information content (AvgIpc) is 3.23. The predicted octanol–water partition coefficient (Wildman–Crippen LogP) is 3.14. The van der Waals surface area contributed by atoms with Crippen LogP contribution in [0.25, 0.3) is 11.0 Å². The maximum absolute atomic E-state index is 13.8. The molecule has 0 radical (unpaired) electrons. The second-order valence-corrected chi connectivity index (χ2v) is 7.80. The number of nitrogens with zero attached hydrogens (tertiary/aromatic N) is 4. The molecule has 0 aliphatic carbocycles. The molecule has 2 aliphatic heterocycles. The number of hydrogen-bond donors (Lipinski definition) is 0. The summed E-state index contributed by atoms with van der Waals surface area (Å²) in [5.74, 6) is 0.482. The van der Waals surface area contributed by atoms with Crippen LogP contribution >= 0.6 is 0 Å². The third-order valence-corrected chi connectivity index (χ3v) is 6.10. The summed E-state index contributed by atoms with van der Waals surface area (Å²) in [6, 6.07) is 12.5. The van der Waals surface area contributed by atoms with Crippen LogP contribution in [0.1, 0.15) is 22.0 Å². The van der Waals surface area contributed by atoms with Gasteiger partial charge >= 0.3 is 0 Å². The number of rotatable bonds is 2. The van der Waals surface area contributed by atoms with E-state index in [9.17, 15) is 9.18 Å². The molecular formula is C22H21FN4O. The number of benzene rings is 2. The second kappa shape index (κ2) is 6.63. The molecule has 2 fully saturated rings. The van der Waals surface area contributed by atoms with Crippen LogP contribution in [0.2, 0.25) is 0 Å². The molecule has 3 aromatic rings. The number of para-hydroxylation sites is 1. The van der Waals surface area contributed by atoms with E-state index in [-0.39, 0.29) is 17.8 Å². The molecule has 2 saturated heterocycles. The maximum atomic E-state index is 13.8. The molecule has 5 nitrogen and oxygen atoms in total. The van der Waals surface area contributed by atoms with E-state index in [1.165, 1.54) is 6.07 Å². The van der Waals surface area contributed by atoms with E-state index in [0.717, 1.165) is 24.2 Å². The number of aromatic nitrogens is 2. The number of fused-ring (bicyclic) bond motifs is 2. The highest BCUT2D eigenvalue weighted by Gasteiger charge is 2.47. The molecule has 2 aromatic carbocycles. The molecule has 0 N–H and O–H groups in total. The first-order valence-corrected chi connectivity index (χ1v) is 9.56. The van der Waals surface area contributed by atoms with Crippen LogP contribution in [-0.2, 0) is 0 Å². The van der Waals surface area contributed by atoms with Gasteiger partial charge in [0, 0.05) is 44.0 Å².